The average Bonchev–Trinajstić information content (AvgIpc) is 3.29. The van der Waals surface area contributed by atoms with Crippen molar-refractivity contribution in [3.05, 3.63) is 71.4 Å². The lowest BCUT2D eigenvalue weighted by atomic mass is 9.82. The molecule has 0 aromatic heterocycles. The first-order valence-electron chi connectivity index (χ1n) is 9.32. The maximum Gasteiger partial charge on any atom is 0.261 e. The van der Waals surface area contributed by atoms with Crippen molar-refractivity contribution < 1.29 is 8.42 Å². The fourth-order valence-corrected chi connectivity index (χ4v) is 5.60. The van der Waals surface area contributed by atoms with E-state index in [4.69, 9.17) is 5.26 Å². The summed E-state index contributed by atoms with van der Waals surface area (Å²) in [6.07, 6.45) is 6.37. The fraction of sp³-hybridized carbons (Fsp3) is 0.318. The molecule has 0 heterocycles. The smallest absolute Gasteiger partial charge is 0.261 e. The Morgan fingerprint density at radius 2 is 1.59 bits per heavy atom. The number of nitrogens with zero attached hydrogens (tertiary/aromatic N) is 1. The van der Waals surface area contributed by atoms with Crippen molar-refractivity contribution in [2.75, 3.05) is 0 Å². The predicted molar refractivity (Wildman–Crippen MR) is 105 cm³/mol. The van der Waals surface area contributed by atoms with Gasteiger partial charge in [-0.2, -0.15) is 5.26 Å². The van der Waals surface area contributed by atoms with Crippen LogP contribution in [0, 0.1) is 16.7 Å². The van der Waals surface area contributed by atoms with Gasteiger partial charge in [0, 0.05) is 5.70 Å². The Bertz CT molecular complexity index is 1010. The molecule has 0 saturated heterocycles. The normalized spacial score (nSPS) is 18.6. The van der Waals surface area contributed by atoms with Crippen LogP contribution in [0.1, 0.15) is 49.7 Å². The molecule has 2 aromatic carbocycles. The Kier molecular flexibility index (Phi) is 4.53. The van der Waals surface area contributed by atoms with Gasteiger partial charge in [0.2, 0.25) is 0 Å². The third kappa shape index (κ3) is 3.50. The summed E-state index contributed by atoms with van der Waals surface area (Å²) in [5.41, 5.74) is 3.67. The largest absolute Gasteiger partial charge is 0.283 e. The zero-order valence-corrected chi connectivity index (χ0v) is 15.9. The molecule has 1 saturated carbocycles. The van der Waals surface area contributed by atoms with Crippen molar-refractivity contribution in [2.45, 2.75) is 43.4 Å². The number of sulfonamides is 1. The van der Waals surface area contributed by atoms with Crippen molar-refractivity contribution in [1.29, 1.82) is 5.26 Å². The molecule has 1 N–H and O–H groups in total. The lowest BCUT2D eigenvalue weighted by Gasteiger charge is -2.23. The zero-order valence-electron chi connectivity index (χ0n) is 15.1. The number of rotatable bonds is 4. The number of nitrogens with one attached hydrogen (secondary N) is 1. The molecule has 1 spiro atoms. The van der Waals surface area contributed by atoms with Crippen LogP contribution in [0.4, 0.5) is 0 Å². The SMILES string of the molecule is N#Cc1ccc(C2=C(NS(=O)(=O)c3ccccc3)CC3(CCCC3)C2)cc1. The van der Waals surface area contributed by atoms with E-state index in [1.165, 1.54) is 12.8 Å². The van der Waals surface area contributed by atoms with E-state index in [0.717, 1.165) is 42.5 Å². The molecule has 2 aliphatic rings. The number of hydrogen-bond donors (Lipinski definition) is 1. The molecule has 4 rings (SSSR count). The van der Waals surface area contributed by atoms with Gasteiger partial charge in [-0.1, -0.05) is 43.2 Å². The Balaban J connectivity index is 1.71. The molecule has 1 fully saturated rings. The molecule has 27 heavy (non-hydrogen) atoms. The molecular weight excluding hydrogens is 356 g/mol. The minimum absolute atomic E-state index is 0.178. The Hall–Kier alpha value is -2.58. The van der Waals surface area contributed by atoms with Crippen molar-refractivity contribution in [2.24, 2.45) is 5.41 Å². The zero-order chi connectivity index (χ0) is 18.9. The molecule has 4 nitrogen and oxygen atoms in total. The van der Waals surface area contributed by atoms with Crippen molar-refractivity contribution in [1.82, 2.24) is 4.72 Å². The highest BCUT2D eigenvalue weighted by Gasteiger charge is 2.42. The Morgan fingerprint density at radius 1 is 0.926 bits per heavy atom. The van der Waals surface area contributed by atoms with Gasteiger partial charge < -0.3 is 0 Å². The highest BCUT2D eigenvalue weighted by Crippen LogP contribution is 2.54. The number of hydrogen-bond acceptors (Lipinski definition) is 3. The number of allylic oxidation sites excluding steroid dienone is 2. The minimum atomic E-state index is -3.60. The second-order valence-corrected chi connectivity index (χ2v) is 9.31. The van der Waals surface area contributed by atoms with Crippen LogP contribution in [0.25, 0.3) is 5.57 Å². The molecule has 0 unspecified atom stereocenters. The van der Waals surface area contributed by atoms with Crippen LogP contribution in [0.2, 0.25) is 0 Å². The van der Waals surface area contributed by atoms with Gasteiger partial charge in [-0.05, 0) is 66.5 Å². The summed E-state index contributed by atoms with van der Waals surface area (Å²) in [6.45, 7) is 0. The van der Waals surface area contributed by atoms with E-state index in [1.807, 2.05) is 18.2 Å². The molecule has 0 atom stereocenters. The van der Waals surface area contributed by atoms with Crippen molar-refractivity contribution in [3.8, 4) is 6.07 Å². The summed E-state index contributed by atoms with van der Waals surface area (Å²) < 4.78 is 28.6. The highest BCUT2D eigenvalue weighted by molar-refractivity contribution is 7.89. The van der Waals surface area contributed by atoms with Gasteiger partial charge >= 0.3 is 0 Å². The third-order valence-corrected chi connectivity index (χ3v) is 7.21. The average molecular weight is 378 g/mol. The maximum absolute atomic E-state index is 12.9. The van der Waals surface area contributed by atoms with E-state index in [1.54, 1.807) is 36.4 Å². The van der Waals surface area contributed by atoms with Crippen LogP contribution in [-0.4, -0.2) is 8.42 Å². The summed E-state index contributed by atoms with van der Waals surface area (Å²) in [5, 5.41) is 9.04. The molecule has 5 heteroatoms. The fourth-order valence-electron chi connectivity index (χ4n) is 4.45. The second kappa shape index (κ2) is 6.86. The van der Waals surface area contributed by atoms with Crippen LogP contribution in [-0.2, 0) is 10.0 Å². The highest BCUT2D eigenvalue weighted by atomic mass is 32.2. The lowest BCUT2D eigenvalue weighted by molar-refractivity contribution is 0.319. The second-order valence-electron chi connectivity index (χ2n) is 7.63. The van der Waals surface area contributed by atoms with Crippen LogP contribution in [0.15, 0.2) is 65.2 Å². The van der Waals surface area contributed by atoms with Gasteiger partial charge in [0.15, 0.2) is 0 Å². The van der Waals surface area contributed by atoms with Crippen LogP contribution in [0.5, 0.6) is 0 Å². The van der Waals surface area contributed by atoms with E-state index in [9.17, 15) is 8.42 Å². The van der Waals surface area contributed by atoms with Crippen LogP contribution >= 0.6 is 0 Å². The molecule has 0 radical (unpaired) electrons. The lowest BCUT2D eigenvalue weighted by Crippen LogP contribution is -2.24. The third-order valence-electron chi connectivity index (χ3n) is 5.81. The van der Waals surface area contributed by atoms with E-state index >= 15 is 0 Å². The van der Waals surface area contributed by atoms with Crippen molar-refractivity contribution in [3.63, 3.8) is 0 Å². The first-order valence-corrected chi connectivity index (χ1v) is 10.8. The maximum atomic E-state index is 12.9. The molecule has 0 aliphatic heterocycles. The molecular formula is C22H22N2O2S. The summed E-state index contributed by atoms with van der Waals surface area (Å²) in [7, 11) is -3.60. The van der Waals surface area contributed by atoms with Gasteiger partial charge in [-0.25, -0.2) is 8.42 Å². The van der Waals surface area contributed by atoms with Gasteiger partial charge in [-0.15, -0.1) is 0 Å². The topological polar surface area (TPSA) is 70.0 Å². The van der Waals surface area contributed by atoms with E-state index in [-0.39, 0.29) is 10.3 Å². The van der Waals surface area contributed by atoms with Gasteiger partial charge in [0.1, 0.15) is 0 Å². The summed E-state index contributed by atoms with van der Waals surface area (Å²) >= 11 is 0. The Morgan fingerprint density at radius 3 is 2.22 bits per heavy atom. The molecule has 2 aromatic rings. The van der Waals surface area contributed by atoms with Gasteiger partial charge in [0.25, 0.3) is 10.0 Å². The molecule has 0 amide bonds. The summed E-state index contributed by atoms with van der Waals surface area (Å²) in [6, 6.07) is 18.1. The summed E-state index contributed by atoms with van der Waals surface area (Å²) in [4.78, 5) is 0.282. The molecule has 0 bridgehead atoms. The van der Waals surface area contributed by atoms with E-state index in [2.05, 4.69) is 10.8 Å². The standard InChI is InChI=1S/C22H22N2O2S/c23-16-17-8-10-18(11-9-17)20-14-22(12-4-5-13-22)15-21(20)24-27(25,26)19-6-2-1-3-7-19/h1-3,6-11,24H,4-5,12-15H2. The number of nitriles is 1. The molecule has 2 aliphatic carbocycles. The monoisotopic (exact) mass is 378 g/mol. The first kappa shape index (κ1) is 17.8. The minimum Gasteiger partial charge on any atom is -0.283 e. The van der Waals surface area contributed by atoms with Crippen molar-refractivity contribution >= 4 is 15.6 Å². The van der Waals surface area contributed by atoms with E-state index in [0.29, 0.717) is 5.56 Å². The predicted octanol–water partition coefficient (Wildman–Crippen LogP) is 4.60. The Labute approximate surface area is 160 Å². The summed E-state index contributed by atoms with van der Waals surface area (Å²) in [5.74, 6) is 0. The van der Waals surface area contributed by atoms with Gasteiger partial charge in [-0.3, -0.25) is 4.72 Å². The van der Waals surface area contributed by atoms with Crippen LogP contribution in [0.3, 0.4) is 0 Å². The molecule has 138 valence electrons. The first-order chi connectivity index (χ1) is 13.0. The number of benzene rings is 2. The van der Waals surface area contributed by atoms with E-state index < -0.39 is 10.0 Å². The van der Waals surface area contributed by atoms with Crippen LogP contribution < -0.4 is 4.72 Å². The van der Waals surface area contributed by atoms with Gasteiger partial charge in [0.05, 0.1) is 16.5 Å². The quantitative estimate of drug-likeness (QED) is 0.845.